The van der Waals surface area contributed by atoms with Crippen molar-refractivity contribution in [2.45, 2.75) is 25.3 Å². The van der Waals surface area contributed by atoms with Crippen molar-refractivity contribution < 1.29 is 9.53 Å². The predicted molar refractivity (Wildman–Crippen MR) is 128 cm³/mol. The number of hydrogen-bond donors (Lipinski definition) is 2. The summed E-state index contributed by atoms with van der Waals surface area (Å²) in [5.41, 5.74) is 8.61. The molecule has 3 N–H and O–H groups in total. The molecule has 9 heteroatoms. The van der Waals surface area contributed by atoms with E-state index in [2.05, 4.69) is 19.9 Å². The first-order valence-electron chi connectivity index (χ1n) is 9.81. The molecule has 1 unspecified atom stereocenters. The van der Waals surface area contributed by atoms with Crippen molar-refractivity contribution in [1.82, 2.24) is 14.9 Å². The summed E-state index contributed by atoms with van der Waals surface area (Å²) in [7, 11) is 0. The molecule has 0 aliphatic carbocycles. The molecule has 160 valence electrons. The zero-order chi connectivity index (χ0) is 22.2. The van der Waals surface area contributed by atoms with Crippen molar-refractivity contribution in [3.63, 3.8) is 0 Å². The van der Waals surface area contributed by atoms with Crippen LogP contribution in [-0.4, -0.2) is 46.6 Å². The number of nitrogens with zero attached hydrogens (tertiary/aromatic N) is 4. The van der Waals surface area contributed by atoms with Crippen molar-refractivity contribution in [1.29, 1.82) is 5.26 Å². The Balaban J connectivity index is 0.000000858. The highest BCUT2D eigenvalue weighted by molar-refractivity contribution is 14.1. The van der Waals surface area contributed by atoms with Gasteiger partial charge in [-0.25, -0.2) is 8.19 Å². The van der Waals surface area contributed by atoms with Gasteiger partial charge in [0.05, 0.1) is 34.5 Å². The number of amides is 1. The van der Waals surface area contributed by atoms with Crippen molar-refractivity contribution in [2.75, 3.05) is 13.1 Å². The SMILES string of the molecule is C=NI.N#Cc1ccc(Oc2ccc3[nH]cc(CC(N)C(=O)N4CCCC4)c3c2)nc1. The number of carbonyl (C=O) groups excluding carboxylic acids is 1. The van der Waals surface area contributed by atoms with Crippen molar-refractivity contribution in [2.24, 2.45) is 8.94 Å². The second-order valence-electron chi connectivity index (χ2n) is 7.08. The summed E-state index contributed by atoms with van der Waals surface area (Å²) in [4.78, 5) is 21.7. The minimum atomic E-state index is -0.554. The van der Waals surface area contributed by atoms with Crippen LogP contribution in [0.1, 0.15) is 24.0 Å². The Kier molecular flexibility index (Phi) is 7.97. The number of aromatic nitrogens is 2. The summed E-state index contributed by atoms with van der Waals surface area (Å²) in [6, 6.07) is 10.5. The average molecular weight is 530 g/mol. The molecule has 1 aliphatic heterocycles. The average Bonchev–Trinajstić information content (AvgIpc) is 3.45. The van der Waals surface area contributed by atoms with E-state index in [4.69, 9.17) is 15.7 Å². The summed E-state index contributed by atoms with van der Waals surface area (Å²) in [5, 5.41) is 9.82. The number of pyridine rings is 1. The molecule has 0 bridgehead atoms. The fraction of sp³-hybridized carbons (Fsp3) is 0.273. The number of nitriles is 1. The summed E-state index contributed by atoms with van der Waals surface area (Å²) in [6.45, 7) is 4.70. The van der Waals surface area contributed by atoms with Gasteiger partial charge in [-0.1, -0.05) is 0 Å². The van der Waals surface area contributed by atoms with Crippen molar-refractivity contribution in [3.8, 4) is 17.7 Å². The van der Waals surface area contributed by atoms with Gasteiger partial charge in [0.1, 0.15) is 11.8 Å². The molecule has 4 rings (SSSR count). The molecular formula is C22H23IN6O2. The molecule has 1 aromatic carbocycles. The fourth-order valence-electron chi connectivity index (χ4n) is 3.51. The zero-order valence-corrected chi connectivity index (χ0v) is 19.1. The van der Waals surface area contributed by atoms with E-state index in [0.29, 0.717) is 23.6 Å². The van der Waals surface area contributed by atoms with Crippen LogP contribution in [-0.2, 0) is 11.2 Å². The quantitative estimate of drug-likeness (QED) is 0.385. The van der Waals surface area contributed by atoms with Crippen LogP contribution in [0.25, 0.3) is 10.9 Å². The molecule has 1 fully saturated rings. The molecule has 1 atom stereocenters. The topological polar surface area (TPSA) is 120 Å². The van der Waals surface area contributed by atoms with Crippen LogP contribution in [0.3, 0.4) is 0 Å². The third kappa shape index (κ3) is 5.80. The number of nitrogens with one attached hydrogen (secondary N) is 1. The highest BCUT2D eigenvalue weighted by Crippen LogP contribution is 2.27. The summed E-state index contributed by atoms with van der Waals surface area (Å²) in [6.07, 6.45) is 5.93. The molecule has 0 saturated carbocycles. The van der Waals surface area contributed by atoms with Crippen LogP contribution in [0.4, 0.5) is 0 Å². The molecule has 2 aromatic heterocycles. The number of rotatable bonds is 5. The van der Waals surface area contributed by atoms with E-state index in [1.807, 2.05) is 35.4 Å². The van der Waals surface area contributed by atoms with Gasteiger partial charge in [-0.3, -0.25) is 4.79 Å². The largest absolute Gasteiger partial charge is 0.439 e. The normalized spacial score (nSPS) is 13.8. The molecular weight excluding hydrogens is 507 g/mol. The summed E-state index contributed by atoms with van der Waals surface area (Å²) < 4.78 is 9.02. The van der Waals surface area contributed by atoms with E-state index in [-0.39, 0.29) is 5.91 Å². The summed E-state index contributed by atoms with van der Waals surface area (Å²) in [5.74, 6) is 1.06. The first-order chi connectivity index (χ1) is 15.0. The van der Waals surface area contributed by atoms with Gasteiger partial charge in [0.25, 0.3) is 0 Å². The van der Waals surface area contributed by atoms with E-state index in [1.54, 1.807) is 35.0 Å². The molecule has 3 heterocycles. The van der Waals surface area contributed by atoms with Gasteiger partial charge in [-0.05, 0) is 55.8 Å². The minimum Gasteiger partial charge on any atom is -0.439 e. The van der Waals surface area contributed by atoms with Crippen LogP contribution >= 0.6 is 22.9 Å². The van der Waals surface area contributed by atoms with E-state index in [0.717, 1.165) is 42.4 Å². The summed E-state index contributed by atoms with van der Waals surface area (Å²) >= 11 is 1.80. The molecule has 0 spiro atoms. The maximum Gasteiger partial charge on any atom is 0.239 e. The second kappa shape index (κ2) is 10.9. The van der Waals surface area contributed by atoms with Crippen LogP contribution in [0, 0.1) is 11.3 Å². The Morgan fingerprint density at radius 1 is 1.39 bits per heavy atom. The van der Waals surface area contributed by atoms with Gasteiger partial charge >= 0.3 is 0 Å². The molecule has 8 nitrogen and oxygen atoms in total. The van der Waals surface area contributed by atoms with Gasteiger partial charge in [0.15, 0.2) is 0 Å². The third-order valence-corrected chi connectivity index (χ3v) is 5.00. The Labute approximate surface area is 194 Å². The monoisotopic (exact) mass is 530 g/mol. The number of hydrogen-bond acceptors (Lipinski definition) is 6. The van der Waals surface area contributed by atoms with Crippen molar-refractivity contribution in [3.05, 3.63) is 53.9 Å². The first-order valence-corrected chi connectivity index (χ1v) is 10.8. The number of carbonyl (C=O) groups is 1. The maximum atomic E-state index is 12.5. The molecule has 31 heavy (non-hydrogen) atoms. The zero-order valence-electron chi connectivity index (χ0n) is 16.9. The van der Waals surface area contributed by atoms with Crippen LogP contribution < -0.4 is 10.5 Å². The van der Waals surface area contributed by atoms with Crippen LogP contribution in [0.5, 0.6) is 11.6 Å². The smallest absolute Gasteiger partial charge is 0.239 e. The standard InChI is InChI=1S/C21H21N5O2.CH2IN/c22-11-14-3-6-20(25-12-14)28-16-4-5-19-17(10-16)15(13-24-19)9-18(23)21(27)26-7-1-2-8-26;1-3-2/h3-6,10,12-13,18,24H,1-2,7-9,23H2;1H2. The van der Waals surface area contributed by atoms with E-state index in [1.165, 1.54) is 6.20 Å². The number of likely N-dealkylation sites (tertiary alicyclic amines) is 1. The molecule has 3 aromatic rings. The molecule has 0 radical (unpaired) electrons. The number of fused-ring (bicyclic) bond motifs is 1. The number of H-pyrrole nitrogens is 1. The Morgan fingerprint density at radius 2 is 2.13 bits per heavy atom. The lowest BCUT2D eigenvalue weighted by Gasteiger charge is -2.20. The van der Waals surface area contributed by atoms with Gasteiger partial charge in [0, 0.05) is 42.5 Å². The third-order valence-electron chi connectivity index (χ3n) is 5.00. The predicted octanol–water partition coefficient (Wildman–Crippen LogP) is 3.76. The lowest BCUT2D eigenvalue weighted by atomic mass is 10.0. The Hall–Kier alpha value is -2.97. The molecule has 1 amide bonds. The first kappa shape index (κ1) is 22.7. The Morgan fingerprint density at radius 3 is 2.77 bits per heavy atom. The second-order valence-corrected chi connectivity index (χ2v) is 7.77. The number of benzene rings is 1. The van der Waals surface area contributed by atoms with Gasteiger partial charge in [0.2, 0.25) is 11.8 Å². The highest BCUT2D eigenvalue weighted by atomic mass is 127. The Bertz CT molecular complexity index is 1080. The van der Waals surface area contributed by atoms with E-state index < -0.39 is 6.04 Å². The van der Waals surface area contributed by atoms with Crippen LogP contribution in [0.15, 0.2) is 45.9 Å². The van der Waals surface area contributed by atoms with E-state index in [9.17, 15) is 4.79 Å². The van der Waals surface area contributed by atoms with Crippen LogP contribution in [0.2, 0.25) is 0 Å². The number of ether oxygens (including phenoxy) is 1. The molecule has 1 aliphatic rings. The maximum absolute atomic E-state index is 12.5. The lowest BCUT2D eigenvalue weighted by Crippen LogP contribution is -2.43. The van der Waals surface area contributed by atoms with E-state index >= 15 is 0 Å². The number of nitrogens with two attached hydrogens (primary N) is 1. The van der Waals surface area contributed by atoms with Gasteiger partial charge < -0.3 is 20.4 Å². The minimum absolute atomic E-state index is 0.0148. The lowest BCUT2D eigenvalue weighted by molar-refractivity contribution is -0.131. The highest BCUT2D eigenvalue weighted by Gasteiger charge is 2.24. The van der Waals surface area contributed by atoms with Gasteiger partial charge in [-0.2, -0.15) is 5.26 Å². The number of halogens is 1. The fourth-order valence-corrected chi connectivity index (χ4v) is 3.51. The van der Waals surface area contributed by atoms with Crippen molar-refractivity contribution >= 4 is 46.4 Å². The van der Waals surface area contributed by atoms with Gasteiger partial charge in [-0.15, -0.1) is 0 Å². The number of aromatic amines is 1. The molecule has 1 saturated heterocycles.